The summed E-state index contributed by atoms with van der Waals surface area (Å²) >= 11 is 0. The number of carbonyl (C=O) groups is 2. The molecule has 0 saturated heterocycles. The van der Waals surface area contributed by atoms with Crippen molar-refractivity contribution in [2.24, 2.45) is 0 Å². The van der Waals surface area contributed by atoms with E-state index in [0.717, 1.165) is 16.8 Å². The first-order valence-corrected chi connectivity index (χ1v) is 9.79. The molecule has 0 aliphatic carbocycles. The number of benzene rings is 2. The second-order valence-corrected chi connectivity index (χ2v) is 6.92. The smallest absolute Gasteiger partial charge is 0.342 e. The molecule has 1 amide bonds. The summed E-state index contributed by atoms with van der Waals surface area (Å²) in [5, 5.41) is 7.28. The van der Waals surface area contributed by atoms with Gasteiger partial charge in [0.15, 0.2) is 6.61 Å². The van der Waals surface area contributed by atoms with Crippen molar-refractivity contribution in [1.82, 2.24) is 15.1 Å². The fourth-order valence-electron chi connectivity index (χ4n) is 3.13. The zero-order valence-corrected chi connectivity index (χ0v) is 16.9. The Kier molecular flexibility index (Phi) is 5.93. The highest BCUT2D eigenvalue weighted by Crippen LogP contribution is 2.27. The summed E-state index contributed by atoms with van der Waals surface area (Å²) in [4.78, 5) is 24.9. The highest BCUT2D eigenvalue weighted by atomic mass is 16.5. The van der Waals surface area contributed by atoms with E-state index in [0.29, 0.717) is 11.5 Å². The summed E-state index contributed by atoms with van der Waals surface area (Å²) in [6, 6.07) is 20.6. The molecule has 0 unspecified atom stereocenters. The highest BCUT2D eigenvalue weighted by Gasteiger charge is 2.21. The number of hydrogen-bond acceptors (Lipinski definition) is 5. The van der Waals surface area contributed by atoms with E-state index in [2.05, 4.69) is 10.4 Å². The molecule has 4 aromatic rings. The van der Waals surface area contributed by atoms with Gasteiger partial charge in [-0.3, -0.25) is 4.79 Å². The lowest BCUT2D eigenvalue weighted by Gasteiger charge is -2.07. The van der Waals surface area contributed by atoms with Crippen molar-refractivity contribution >= 4 is 11.9 Å². The lowest BCUT2D eigenvalue weighted by atomic mass is 10.0. The number of hydrogen-bond donors (Lipinski definition) is 1. The summed E-state index contributed by atoms with van der Waals surface area (Å²) in [6.07, 6.45) is 3.15. The van der Waals surface area contributed by atoms with Crippen molar-refractivity contribution in [2.75, 3.05) is 6.61 Å². The Balaban J connectivity index is 1.54. The fraction of sp³-hybridized carbons (Fsp3) is 0.125. The molecule has 0 fully saturated rings. The van der Waals surface area contributed by atoms with Crippen LogP contribution in [-0.4, -0.2) is 28.3 Å². The molecule has 2 aromatic carbocycles. The van der Waals surface area contributed by atoms with Crippen molar-refractivity contribution < 1.29 is 18.7 Å². The first kappa shape index (κ1) is 20.2. The van der Waals surface area contributed by atoms with Gasteiger partial charge in [-0.15, -0.1) is 0 Å². The lowest BCUT2D eigenvalue weighted by molar-refractivity contribution is -0.124. The Bertz CT molecular complexity index is 1180. The van der Waals surface area contributed by atoms with Crippen LogP contribution in [0, 0.1) is 6.92 Å². The number of rotatable bonds is 7. The predicted octanol–water partition coefficient (Wildman–Crippen LogP) is 3.91. The summed E-state index contributed by atoms with van der Waals surface area (Å²) in [5.74, 6) is -0.420. The van der Waals surface area contributed by atoms with E-state index >= 15 is 0 Å². The van der Waals surface area contributed by atoms with Crippen molar-refractivity contribution in [3.05, 3.63) is 96.1 Å². The molecule has 7 heteroatoms. The lowest BCUT2D eigenvalue weighted by Crippen LogP contribution is -2.28. The highest BCUT2D eigenvalue weighted by molar-refractivity contribution is 5.97. The zero-order chi connectivity index (χ0) is 21.6. The van der Waals surface area contributed by atoms with Crippen LogP contribution < -0.4 is 5.32 Å². The van der Waals surface area contributed by atoms with Gasteiger partial charge in [0, 0.05) is 11.8 Å². The summed E-state index contributed by atoms with van der Waals surface area (Å²) < 4.78 is 12.1. The number of furan rings is 1. The number of aryl methyl sites for hydroxylation is 1. The molecule has 0 radical (unpaired) electrons. The molecule has 156 valence electrons. The van der Waals surface area contributed by atoms with Gasteiger partial charge in [0.1, 0.15) is 17.0 Å². The molecule has 0 aliphatic heterocycles. The average Bonchev–Trinajstić information content (AvgIpc) is 3.47. The molecule has 0 atom stereocenters. The third kappa shape index (κ3) is 4.72. The second kappa shape index (κ2) is 9.13. The van der Waals surface area contributed by atoms with Crippen LogP contribution in [0.5, 0.6) is 0 Å². The Morgan fingerprint density at radius 3 is 2.55 bits per heavy atom. The third-order valence-electron chi connectivity index (χ3n) is 4.73. The number of carbonyl (C=O) groups excluding carboxylic acids is 2. The zero-order valence-electron chi connectivity index (χ0n) is 16.9. The molecule has 0 aliphatic rings. The van der Waals surface area contributed by atoms with Crippen molar-refractivity contribution in [3.63, 3.8) is 0 Å². The molecule has 31 heavy (non-hydrogen) atoms. The minimum atomic E-state index is -0.617. The van der Waals surface area contributed by atoms with Crippen LogP contribution in [0.1, 0.15) is 21.7 Å². The molecule has 0 saturated carbocycles. The van der Waals surface area contributed by atoms with Crippen molar-refractivity contribution in [1.29, 1.82) is 0 Å². The Morgan fingerprint density at radius 1 is 1.03 bits per heavy atom. The van der Waals surface area contributed by atoms with Gasteiger partial charge in [0.25, 0.3) is 5.91 Å². The number of para-hydroxylation sites is 1. The quantitative estimate of drug-likeness (QED) is 0.463. The number of nitrogens with zero attached hydrogens (tertiary/aromatic N) is 2. The number of nitrogens with one attached hydrogen (secondary N) is 1. The summed E-state index contributed by atoms with van der Waals surface area (Å²) in [7, 11) is 0. The standard InChI is InChI=1S/C24H21N3O4/c1-17-8-5-6-12-20(17)23-21(15-27(26-23)18-9-3-2-4-10-18)24(29)31-16-22(28)25-14-19-11-7-13-30-19/h2-13,15H,14,16H2,1H3,(H,25,28). The van der Waals surface area contributed by atoms with Gasteiger partial charge in [-0.25, -0.2) is 9.48 Å². The molecule has 0 bridgehead atoms. The van der Waals surface area contributed by atoms with Crippen molar-refractivity contribution in [2.45, 2.75) is 13.5 Å². The van der Waals surface area contributed by atoms with E-state index < -0.39 is 18.5 Å². The minimum Gasteiger partial charge on any atom is -0.467 e. The first-order valence-electron chi connectivity index (χ1n) is 9.79. The van der Waals surface area contributed by atoms with Crippen LogP contribution in [0.2, 0.25) is 0 Å². The van der Waals surface area contributed by atoms with Crippen LogP contribution in [0.3, 0.4) is 0 Å². The van der Waals surface area contributed by atoms with E-state index in [1.165, 1.54) is 6.26 Å². The topological polar surface area (TPSA) is 86.4 Å². The first-order chi connectivity index (χ1) is 15.1. The van der Waals surface area contributed by atoms with Gasteiger partial charge in [-0.05, 0) is 36.8 Å². The molecular formula is C24H21N3O4. The molecule has 1 N–H and O–H groups in total. The number of aromatic nitrogens is 2. The third-order valence-corrected chi connectivity index (χ3v) is 4.73. The number of esters is 1. The Hall–Kier alpha value is -4.13. The van der Waals surface area contributed by atoms with Gasteiger partial charge in [0.2, 0.25) is 0 Å². The number of amides is 1. The largest absolute Gasteiger partial charge is 0.467 e. The van der Waals surface area contributed by atoms with E-state index in [9.17, 15) is 9.59 Å². The molecule has 2 aromatic heterocycles. The van der Waals surface area contributed by atoms with E-state index in [-0.39, 0.29) is 12.1 Å². The van der Waals surface area contributed by atoms with E-state index in [1.807, 2.05) is 61.5 Å². The van der Waals surface area contributed by atoms with Crippen LogP contribution >= 0.6 is 0 Å². The maximum Gasteiger partial charge on any atom is 0.342 e. The Morgan fingerprint density at radius 2 is 1.81 bits per heavy atom. The van der Waals surface area contributed by atoms with Gasteiger partial charge < -0.3 is 14.5 Å². The maximum absolute atomic E-state index is 12.9. The van der Waals surface area contributed by atoms with Crippen LogP contribution in [0.25, 0.3) is 16.9 Å². The molecule has 7 nitrogen and oxygen atoms in total. The van der Waals surface area contributed by atoms with Gasteiger partial charge in [-0.2, -0.15) is 5.10 Å². The van der Waals surface area contributed by atoms with Gasteiger partial charge >= 0.3 is 5.97 Å². The molecule has 4 rings (SSSR count). The average molecular weight is 415 g/mol. The summed E-state index contributed by atoms with van der Waals surface area (Å²) in [6.45, 7) is 1.78. The van der Waals surface area contributed by atoms with Crippen LogP contribution in [-0.2, 0) is 16.1 Å². The SMILES string of the molecule is Cc1ccccc1-c1nn(-c2ccccc2)cc1C(=O)OCC(=O)NCc1ccco1. The van der Waals surface area contributed by atoms with Crippen molar-refractivity contribution in [3.8, 4) is 16.9 Å². The number of ether oxygens (including phenoxy) is 1. The molecule has 2 heterocycles. The van der Waals surface area contributed by atoms with E-state index in [4.69, 9.17) is 9.15 Å². The fourth-order valence-corrected chi connectivity index (χ4v) is 3.13. The monoisotopic (exact) mass is 415 g/mol. The second-order valence-electron chi connectivity index (χ2n) is 6.92. The minimum absolute atomic E-state index is 0.226. The Labute approximate surface area is 179 Å². The summed E-state index contributed by atoms with van der Waals surface area (Å²) in [5.41, 5.74) is 3.41. The van der Waals surface area contributed by atoms with E-state index in [1.54, 1.807) is 23.0 Å². The predicted molar refractivity (Wildman–Crippen MR) is 115 cm³/mol. The maximum atomic E-state index is 12.9. The molecule has 0 spiro atoms. The van der Waals surface area contributed by atoms with Crippen LogP contribution in [0.15, 0.2) is 83.6 Å². The van der Waals surface area contributed by atoms with Gasteiger partial charge in [0.05, 0.1) is 18.5 Å². The van der Waals surface area contributed by atoms with Gasteiger partial charge in [-0.1, -0.05) is 42.5 Å². The molecular weight excluding hydrogens is 394 g/mol. The van der Waals surface area contributed by atoms with Crippen LogP contribution in [0.4, 0.5) is 0 Å². The normalized spacial score (nSPS) is 10.6.